The van der Waals surface area contributed by atoms with Crippen molar-refractivity contribution in [3.63, 3.8) is 0 Å². The number of pyridine rings is 2. The number of H-pyrrole nitrogens is 2. The van der Waals surface area contributed by atoms with Crippen LogP contribution in [0, 0.1) is 13.8 Å². The number of halogens is 2. The van der Waals surface area contributed by atoms with Gasteiger partial charge >= 0.3 is 0 Å². The molecule has 248 valence electrons. The summed E-state index contributed by atoms with van der Waals surface area (Å²) in [6.07, 6.45) is 12.2. The summed E-state index contributed by atoms with van der Waals surface area (Å²) in [4.78, 5) is 10.5. The predicted molar refractivity (Wildman–Crippen MR) is 185 cm³/mol. The summed E-state index contributed by atoms with van der Waals surface area (Å²) in [5, 5.41) is 18.3. The number of aliphatic hydroxyl groups is 2. The highest BCUT2D eigenvalue weighted by Gasteiger charge is 2.07. The number of nitrogens with zero attached hydrogens (tertiary/aromatic N) is 2. The highest BCUT2D eigenvalue weighted by atomic mass is 79.9. The lowest BCUT2D eigenvalue weighted by molar-refractivity contribution is -0.378. The van der Waals surface area contributed by atoms with Crippen molar-refractivity contribution in [2.24, 2.45) is 0 Å². The van der Waals surface area contributed by atoms with Gasteiger partial charge in [0, 0.05) is 61.8 Å². The van der Waals surface area contributed by atoms with Gasteiger partial charge in [0.05, 0.1) is 13.2 Å². The smallest absolute Gasteiger partial charge is 0.167 e. The van der Waals surface area contributed by atoms with Gasteiger partial charge in [-0.05, 0) is 110 Å². The molecule has 0 fully saturated rings. The third-order valence-corrected chi connectivity index (χ3v) is 7.83. The highest BCUT2D eigenvalue weighted by molar-refractivity contribution is 5.82. The van der Waals surface area contributed by atoms with Crippen LogP contribution in [0.15, 0.2) is 85.5 Å². The fourth-order valence-electron chi connectivity index (χ4n) is 5.15. The third-order valence-electron chi connectivity index (χ3n) is 7.83. The first-order valence-electron chi connectivity index (χ1n) is 15.5. The highest BCUT2D eigenvalue weighted by Crippen LogP contribution is 2.25. The van der Waals surface area contributed by atoms with Crippen LogP contribution in [0.5, 0.6) is 0 Å². The van der Waals surface area contributed by atoms with Gasteiger partial charge in [0.1, 0.15) is 0 Å². The minimum atomic E-state index is 0. The molecule has 6 nitrogen and oxygen atoms in total. The lowest BCUT2D eigenvalue weighted by atomic mass is 10.0. The number of likely N-dealkylation sites (N-methyl/N-ethyl adjacent to an activating group) is 2. The average molecular weight is 755 g/mol. The number of aryl methyl sites for hydroxylation is 2. The van der Waals surface area contributed by atoms with E-state index in [-0.39, 0.29) is 47.2 Å². The van der Waals surface area contributed by atoms with Crippen LogP contribution in [-0.4, -0.2) is 49.6 Å². The number of aromatic nitrogens is 2. The van der Waals surface area contributed by atoms with Crippen molar-refractivity contribution < 1.29 is 54.1 Å². The number of aliphatic hydroxyl groups excluding tert-OH is 2. The Bertz CT molecular complexity index is 1400. The fraction of sp³-hybridized carbons (Fsp3) is 0.316. The Hall–Kier alpha value is -3.30. The molecule has 46 heavy (non-hydrogen) atoms. The second-order valence-corrected chi connectivity index (χ2v) is 10.9. The molecule has 0 atom stereocenters. The number of anilines is 2. The van der Waals surface area contributed by atoms with Crippen LogP contribution >= 0.6 is 0 Å². The van der Waals surface area contributed by atoms with Crippen LogP contribution in [0.1, 0.15) is 61.1 Å². The monoisotopic (exact) mass is 752 g/mol. The van der Waals surface area contributed by atoms with Crippen molar-refractivity contribution in [3.8, 4) is 0 Å². The molecule has 0 aliphatic rings. The summed E-state index contributed by atoms with van der Waals surface area (Å²) in [5.74, 6) is 0. The Kier molecular flexibility index (Phi) is 19.0. The number of benzene rings is 2. The molecule has 8 heteroatoms. The molecule has 0 saturated carbocycles. The van der Waals surface area contributed by atoms with Crippen LogP contribution < -0.4 is 53.7 Å². The summed E-state index contributed by atoms with van der Waals surface area (Å²) >= 11 is 0. The topological polar surface area (TPSA) is 75.2 Å². The normalized spacial score (nSPS) is 11.0. The number of hydrogen-bond donors (Lipinski definition) is 2. The van der Waals surface area contributed by atoms with Crippen molar-refractivity contribution in [1.29, 1.82) is 0 Å². The molecule has 0 saturated heterocycles. The molecule has 0 spiro atoms. The molecule has 4 rings (SSSR count). The Morgan fingerprint density at radius 2 is 0.957 bits per heavy atom. The molecular formula is C38H50Br2N4O2. The predicted octanol–water partition coefficient (Wildman–Crippen LogP) is 0.384. The van der Waals surface area contributed by atoms with E-state index in [1.165, 1.54) is 44.5 Å². The Morgan fingerprint density at radius 1 is 0.609 bits per heavy atom. The van der Waals surface area contributed by atoms with Gasteiger partial charge in [-0.15, -0.1) is 0 Å². The van der Waals surface area contributed by atoms with Gasteiger partial charge in [-0.1, -0.05) is 24.3 Å². The zero-order valence-corrected chi connectivity index (χ0v) is 31.2. The summed E-state index contributed by atoms with van der Waals surface area (Å²) in [6.45, 7) is 16.2. The maximum Gasteiger partial charge on any atom is 0.167 e. The van der Waals surface area contributed by atoms with E-state index in [4.69, 9.17) is 10.2 Å². The number of allylic oxidation sites excluding steroid dienone is 2. The van der Waals surface area contributed by atoms with E-state index >= 15 is 0 Å². The van der Waals surface area contributed by atoms with Gasteiger partial charge in [0.25, 0.3) is 0 Å². The van der Waals surface area contributed by atoms with Crippen molar-refractivity contribution in [2.75, 3.05) is 49.2 Å². The van der Waals surface area contributed by atoms with Gasteiger partial charge < -0.3 is 54.0 Å². The van der Waals surface area contributed by atoms with Crippen molar-refractivity contribution in [3.05, 3.63) is 119 Å². The first kappa shape index (κ1) is 40.7. The first-order valence-corrected chi connectivity index (χ1v) is 15.5. The van der Waals surface area contributed by atoms with E-state index in [0.29, 0.717) is 13.1 Å². The second kappa shape index (κ2) is 21.5. The largest absolute Gasteiger partial charge is 1.00 e. The summed E-state index contributed by atoms with van der Waals surface area (Å²) in [7, 11) is 0. The number of nitrogens with one attached hydrogen (secondary N) is 2. The van der Waals surface area contributed by atoms with E-state index in [1.807, 2.05) is 24.8 Å². The summed E-state index contributed by atoms with van der Waals surface area (Å²) < 4.78 is 0. The van der Waals surface area contributed by atoms with Crippen LogP contribution in [0.4, 0.5) is 11.4 Å². The zero-order valence-electron chi connectivity index (χ0n) is 28.0. The lowest BCUT2D eigenvalue weighted by Crippen LogP contribution is -3.00. The first-order chi connectivity index (χ1) is 21.3. The van der Waals surface area contributed by atoms with E-state index in [2.05, 4.69) is 134 Å². The van der Waals surface area contributed by atoms with Crippen molar-refractivity contribution in [2.45, 2.75) is 41.5 Å². The molecule has 0 unspecified atom stereocenters. The molecule has 0 bridgehead atoms. The molecule has 0 aliphatic carbocycles. The second-order valence-electron chi connectivity index (χ2n) is 10.9. The number of rotatable bonds is 12. The van der Waals surface area contributed by atoms with E-state index < -0.39 is 0 Å². The standard InChI is InChI=1S/2C19H24N2O.2BrH/c2*1-4-21(11-12-22)19-6-5-18(16(3)14-19)13-15(2)17-7-9-20-10-8-17;;/h2*5-10,13-14,22H,4,11-12H2,1-3H3;2*1H/b2*15-13+;;. The molecule has 2 aromatic carbocycles. The lowest BCUT2D eigenvalue weighted by Gasteiger charge is -2.22. The summed E-state index contributed by atoms with van der Waals surface area (Å²) in [5.41, 5.74) is 12.2. The molecular weight excluding hydrogens is 704 g/mol. The van der Waals surface area contributed by atoms with Gasteiger partial charge in [0.2, 0.25) is 0 Å². The number of hydrogen-bond acceptors (Lipinski definition) is 4. The molecule has 0 aliphatic heterocycles. The maximum absolute atomic E-state index is 9.14. The zero-order chi connectivity index (χ0) is 31.9. The minimum absolute atomic E-state index is 0. The van der Waals surface area contributed by atoms with E-state index in [9.17, 15) is 0 Å². The average Bonchev–Trinajstić information content (AvgIpc) is 3.05. The SMILES string of the molecule is CCN(CCO)c1ccc(/C=C(\C)c2cc[nH+]cc2)c(C)c1.CCN(CCO)c1ccc(/C=C(\C)c2cc[nH+]cc2)c(C)c1.[Br-].[Br-]. The summed E-state index contributed by atoms with van der Waals surface area (Å²) in [6, 6.07) is 21.3. The van der Waals surface area contributed by atoms with Crippen LogP contribution in [-0.2, 0) is 0 Å². The van der Waals surface area contributed by atoms with Crippen LogP contribution in [0.25, 0.3) is 23.3 Å². The van der Waals surface area contributed by atoms with Crippen LogP contribution in [0.2, 0.25) is 0 Å². The fourth-order valence-corrected chi connectivity index (χ4v) is 5.15. The van der Waals surface area contributed by atoms with E-state index in [0.717, 1.165) is 24.5 Å². The molecule has 2 aromatic heterocycles. The molecule has 4 N–H and O–H groups in total. The van der Waals surface area contributed by atoms with Gasteiger partial charge in [-0.25, -0.2) is 9.97 Å². The van der Waals surface area contributed by atoms with Gasteiger partial charge in [-0.2, -0.15) is 0 Å². The minimum Gasteiger partial charge on any atom is -1.00 e. The van der Waals surface area contributed by atoms with Gasteiger partial charge in [0.15, 0.2) is 24.8 Å². The number of aromatic amines is 2. The van der Waals surface area contributed by atoms with E-state index in [1.54, 1.807) is 0 Å². The molecule has 0 amide bonds. The maximum atomic E-state index is 9.14. The molecule has 2 heterocycles. The molecule has 0 radical (unpaired) electrons. The van der Waals surface area contributed by atoms with Crippen molar-refractivity contribution in [1.82, 2.24) is 0 Å². The Balaban J connectivity index is 0.000000441. The third kappa shape index (κ3) is 12.1. The van der Waals surface area contributed by atoms with Crippen LogP contribution in [0.3, 0.4) is 0 Å². The van der Waals surface area contributed by atoms with Crippen molar-refractivity contribution >= 4 is 34.7 Å². The Labute approximate surface area is 297 Å². The van der Waals surface area contributed by atoms with Gasteiger partial charge in [-0.3, -0.25) is 0 Å². The molecule has 4 aromatic rings. The quantitative estimate of drug-likeness (QED) is 0.220. The Morgan fingerprint density at radius 3 is 1.24 bits per heavy atom.